The van der Waals surface area contributed by atoms with E-state index in [0.717, 1.165) is 51.4 Å². The molecule has 3 saturated heterocycles. The third-order valence-corrected chi connectivity index (χ3v) is 16.7. The van der Waals surface area contributed by atoms with Crippen molar-refractivity contribution < 1.29 is 34.0 Å². The molecule has 8 rings (SSSR count). The van der Waals surface area contributed by atoms with Gasteiger partial charge in [0.15, 0.2) is 18.4 Å². The zero-order valence-electron chi connectivity index (χ0n) is 29.4. The molecule has 0 amide bonds. The molecule has 0 aromatic heterocycles. The minimum absolute atomic E-state index is 0.0983. The smallest absolute Gasteiger partial charge is 0.303 e. The molecule has 3 heterocycles. The number of hydrogen-bond donors (Lipinski definition) is 2. The number of hydrogen-bond acceptors (Lipinski definition) is 6. The zero-order chi connectivity index (χ0) is 32.4. The molecule has 46 heavy (non-hydrogen) atoms. The molecule has 7 heteroatoms. The largest absolute Gasteiger partial charge is 0.481 e. The second-order valence-electron chi connectivity index (χ2n) is 18.7. The van der Waals surface area contributed by atoms with E-state index in [0.29, 0.717) is 47.3 Å². The van der Waals surface area contributed by atoms with Crippen molar-refractivity contribution in [1.29, 1.82) is 0 Å². The number of aliphatic hydroxyl groups excluding tert-OH is 1. The third kappa shape index (κ3) is 4.63. The molecule has 0 aromatic carbocycles. The summed E-state index contributed by atoms with van der Waals surface area (Å²) in [7, 11) is 0. The fourth-order valence-corrected chi connectivity index (χ4v) is 14.4. The Morgan fingerprint density at radius 1 is 0.870 bits per heavy atom. The SMILES string of the molecule is C[C@H]1C(O[C@@H]2CC[C@]3(C)C4CC[C@@]5(C)C(CC[C@@H]5[C@H](C)CCC(=O)O)C4C[C@H](O)C3C2)OC2O[C@@]3(C)CCC4[C@H](C)CCC1C24O3. The second kappa shape index (κ2) is 11.1. The Hall–Kier alpha value is -0.730. The lowest BCUT2D eigenvalue weighted by Crippen LogP contribution is -2.66. The summed E-state index contributed by atoms with van der Waals surface area (Å²) < 4.78 is 27.3. The van der Waals surface area contributed by atoms with Crippen LogP contribution in [0.4, 0.5) is 0 Å². The first-order chi connectivity index (χ1) is 21.8. The Morgan fingerprint density at radius 2 is 1.59 bits per heavy atom. The number of carboxylic acid groups (broad SMARTS) is 1. The average Bonchev–Trinajstić information content (AvgIpc) is 3.46. The van der Waals surface area contributed by atoms with Gasteiger partial charge in [0.1, 0.15) is 5.60 Å². The number of carboxylic acids is 1. The van der Waals surface area contributed by atoms with Crippen molar-refractivity contribution in [2.75, 3.05) is 0 Å². The summed E-state index contributed by atoms with van der Waals surface area (Å²) >= 11 is 0. The molecule has 5 saturated carbocycles. The molecular formula is C39H62O7. The lowest BCUT2D eigenvalue weighted by molar-refractivity contribution is -0.348. The number of ether oxygens (including phenoxy) is 4. The van der Waals surface area contributed by atoms with Crippen LogP contribution in [-0.4, -0.2) is 52.4 Å². The molecule has 2 bridgehead atoms. The first kappa shape index (κ1) is 32.5. The maximum atomic E-state index is 11.9. The molecule has 9 unspecified atom stereocenters. The van der Waals surface area contributed by atoms with Crippen molar-refractivity contribution in [2.45, 2.75) is 168 Å². The molecule has 2 N–H and O–H groups in total. The van der Waals surface area contributed by atoms with Crippen LogP contribution < -0.4 is 0 Å². The van der Waals surface area contributed by atoms with Crippen LogP contribution in [0.3, 0.4) is 0 Å². The highest BCUT2D eigenvalue weighted by molar-refractivity contribution is 5.66. The average molecular weight is 643 g/mol. The number of aliphatic hydroxyl groups is 1. The molecule has 260 valence electrons. The van der Waals surface area contributed by atoms with Gasteiger partial charge in [0.05, 0.1) is 12.2 Å². The summed E-state index contributed by atoms with van der Waals surface area (Å²) in [4.78, 5) is 11.3. The standard InChI is InChI=1S/C39H62O7/c1-21(8-12-33(41)42)26-10-11-29-25-20-32(40)31-19-24(13-16-37(31,5)30(25)14-17-36(26,29)4)43-34-23(3)28-9-7-22(2)27-15-18-38(6)45-35(44-34)39(27,28)46-38/h21-32,34-35,40H,7-20H2,1-6H3,(H,41,42)/t21-,22-,23-,24-,25?,26-,27?,28?,29?,30?,31?,32+,34?,35?,36-,37-,38-,39?/m1/s1. The molecule has 0 radical (unpaired) electrons. The Bertz CT molecular complexity index is 1190. The van der Waals surface area contributed by atoms with Crippen LogP contribution in [0.25, 0.3) is 0 Å². The fourth-order valence-electron chi connectivity index (χ4n) is 14.4. The molecule has 18 atom stereocenters. The first-order valence-corrected chi connectivity index (χ1v) is 19.4. The minimum atomic E-state index is -0.674. The quantitative estimate of drug-likeness (QED) is 0.286. The summed E-state index contributed by atoms with van der Waals surface area (Å²) in [5.74, 6) is 3.69. The van der Waals surface area contributed by atoms with Gasteiger partial charge in [0.25, 0.3) is 0 Å². The summed E-state index contributed by atoms with van der Waals surface area (Å²) in [5.41, 5.74) is 0.0678. The molecular weight excluding hydrogens is 580 g/mol. The second-order valence-corrected chi connectivity index (χ2v) is 18.7. The number of rotatable bonds is 6. The van der Waals surface area contributed by atoms with Gasteiger partial charge in [-0.3, -0.25) is 4.79 Å². The normalized spacial score (nSPS) is 57.9. The van der Waals surface area contributed by atoms with Crippen LogP contribution in [0.5, 0.6) is 0 Å². The van der Waals surface area contributed by atoms with Crippen LogP contribution in [0.15, 0.2) is 0 Å². The highest BCUT2D eigenvalue weighted by atomic mass is 16.9. The maximum absolute atomic E-state index is 11.9. The summed E-state index contributed by atoms with van der Waals surface area (Å²) in [5, 5.41) is 21.2. The van der Waals surface area contributed by atoms with Gasteiger partial charge >= 0.3 is 5.97 Å². The van der Waals surface area contributed by atoms with Crippen LogP contribution in [0.2, 0.25) is 0 Å². The van der Waals surface area contributed by atoms with Crippen LogP contribution >= 0.6 is 0 Å². The predicted octanol–water partition coefficient (Wildman–Crippen LogP) is 7.78. The van der Waals surface area contributed by atoms with E-state index in [9.17, 15) is 15.0 Å². The van der Waals surface area contributed by atoms with Crippen molar-refractivity contribution in [3.63, 3.8) is 0 Å². The van der Waals surface area contributed by atoms with Crippen molar-refractivity contribution >= 4 is 5.97 Å². The number of carbonyl (C=O) groups is 1. The Labute approximate surface area is 277 Å². The van der Waals surface area contributed by atoms with E-state index >= 15 is 0 Å². The van der Waals surface area contributed by atoms with Crippen LogP contribution in [0.1, 0.15) is 131 Å². The van der Waals surface area contributed by atoms with Crippen molar-refractivity contribution in [2.24, 2.45) is 70.0 Å². The number of fused-ring (bicyclic) bond motifs is 6. The van der Waals surface area contributed by atoms with E-state index in [1.807, 2.05) is 0 Å². The zero-order valence-corrected chi connectivity index (χ0v) is 29.4. The van der Waals surface area contributed by atoms with Crippen molar-refractivity contribution in [3.8, 4) is 0 Å². The Kier molecular flexibility index (Phi) is 7.86. The van der Waals surface area contributed by atoms with Crippen molar-refractivity contribution in [3.05, 3.63) is 0 Å². The lowest BCUT2D eigenvalue weighted by atomic mass is 9.43. The van der Waals surface area contributed by atoms with Gasteiger partial charge in [-0.05, 0) is 142 Å². The summed E-state index contributed by atoms with van der Waals surface area (Å²) in [6.07, 6.45) is 13.6. The Balaban J connectivity index is 0.957. The highest BCUT2D eigenvalue weighted by Crippen LogP contribution is 2.69. The minimum Gasteiger partial charge on any atom is -0.481 e. The summed E-state index contributed by atoms with van der Waals surface area (Å²) in [6.45, 7) is 14.1. The monoisotopic (exact) mass is 642 g/mol. The first-order valence-electron chi connectivity index (χ1n) is 19.4. The number of aliphatic carboxylic acids is 1. The highest BCUT2D eigenvalue weighted by Gasteiger charge is 2.72. The molecule has 5 aliphatic carbocycles. The summed E-state index contributed by atoms with van der Waals surface area (Å²) in [6, 6.07) is 0. The third-order valence-electron chi connectivity index (χ3n) is 16.7. The fraction of sp³-hybridized carbons (Fsp3) is 0.974. The van der Waals surface area contributed by atoms with Gasteiger partial charge in [-0.2, -0.15) is 0 Å². The molecule has 8 aliphatic rings. The Morgan fingerprint density at radius 3 is 2.37 bits per heavy atom. The van der Waals surface area contributed by atoms with Gasteiger partial charge in [-0.25, -0.2) is 0 Å². The van der Waals surface area contributed by atoms with Crippen molar-refractivity contribution in [1.82, 2.24) is 0 Å². The topological polar surface area (TPSA) is 94.5 Å². The van der Waals surface area contributed by atoms with E-state index in [2.05, 4.69) is 41.5 Å². The van der Waals surface area contributed by atoms with Gasteiger partial charge in [0, 0.05) is 24.7 Å². The predicted molar refractivity (Wildman–Crippen MR) is 173 cm³/mol. The molecule has 0 aromatic rings. The van der Waals surface area contributed by atoms with Gasteiger partial charge in [-0.15, -0.1) is 0 Å². The van der Waals surface area contributed by atoms with Gasteiger partial charge < -0.3 is 29.2 Å². The molecule has 8 fully saturated rings. The van der Waals surface area contributed by atoms with E-state index in [-0.39, 0.29) is 59.5 Å². The van der Waals surface area contributed by atoms with Crippen LogP contribution in [0, 0.1) is 70.0 Å². The van der Waals surface area contributed by atoms with E-state index in [4.69, 9.17) is 18.9 Å². The van der Waals surface area contributed by atoms with Gasteiger partial charge in [-0.1, -0.05) is 34.6 Å². The van der Waals surface area contributed by atoms with E-state index in [1.165, 1.54) is 32.1 Å². The molecule has 1 spiro atoms. The van der Waals surface area contributed by atoms with Gasteiger partial charge in [0.2, 0.25) is 0 Å². The molecule has 7 nitrogen and oxygen atoms in total. The molecule has 3 aliphatic heterocycles. The lowest BCUT2D eigenvalue weighted by Gasteiger charge is -2.63. The van der Waals surface area contributed by atoms with Crippen LogP contribution in [-0.2, 0) is 23.7 Å². The van der Waals surface area contributed by atoms with E-state index < -0.39 is 11.8 Å². The van der Waals surface area contributed by atoms with E-state index in [1.54, 1.807) is 0 Å². The maximum Gasteiger partial charge on any atom is 0.303 e.